The number of hydrogen-bond donors (Lipinski definition) is 1. The molecule has 144 valence electrons. The van der Waals surface area contributed by atoms with Gasteiger partial charge in [-0.2, -0.15) is 0 Å². The Labute approximate surface area is 164 Å². The van der Waals surface area contributed by atoms with Crippen LogP contribution in [0.5, 0.6) is 11.5 Å². The van der Waals surface area contributed by atoms with Gasteiger partial charge in [-0.15, -0.1) is 0 Å². The summed E-state index contributed by atoms with van der Waals surface area (Å²) in [5.74, 6) is 1.25. The van der Waals surface area contributed by atoms with Crippen molar-refractivity contribution < 1.29 is 14.3 Å². The van der Waals surface area contributed by atoms with Gasteiger partial charge in [-0.25, -0.2) is 4.79 Å². The van der Waals surface area contributed by atoms with Crippen molar-refractivity contribution in [1.82, 2.24) is 9.47 Å². The summed E-state index contributed by atoms with van der Waals surface area (Å²) in [5.41, 5.74) is 3.90. The Kier molecular flexibility index (Phi) is 4.69. The van der Waals surface area contributed by atoms with Crippen LogP contribution in [0, 0.1) is 0 Å². The number of anilines is 1. The van der Waals surface area contributed by atoms with Crippen LogP contribution in [0.1, 0.15) is 24.2 Å². The average Bonchev–Trinajstić information content (AvgIpc) is 3.17. The number of ether oxygens (including phenoxy) is 2. The molecule has 2 aromatic carbocycles. The molecule has 6 nitrogen and oxygen atoms in total. The number of hydrogen-bond acceptors (Lipinski definition) is 3. The lowest BCUT2D eigenvalue weighted by atomic mass is 10.1. The SMILES string of the molecule is COc1cc(NC(=O)N2Cc3ccccc3-n3cccc3[C@H]2C)cc(OC)c1. The van der Waals surface area contributed by atoms with E-state index < -0.39 is 0 Å². The Morgan fingerprint density at radius 1 is 1.04 bits per heavy atom. The first kappa shape index (κ1) is 18.0. The third-order valence-electron chi connectivity index (χ3n) is 5.13. The van der Waals surface area contributed by atoms with Crippen LogP contribution < -0.4 is 14.8 Å². The Morgan fingerprint density at radius 3 is 2.46 bits per heavy atom. The second-order valence-electron chi connectivity index (χ2n) is 6.77. The molecule has 1 aliphatic rings. The molecular formula is C22H23N3O3. The Bertz CT molecular complexity index is 990. The van der Waals surface area contributed by atoms with Gasteiger partial charge in [-0.1, -0.05) is 18.2 Å². The van der Waals surface area contributed by atoms with E-state index in [0.717, 1.165) is 16.9 Å². The van der Waals surface area contributed by atoms with E-state index in [1.54, 1.807) is 32.4 Å². The molecule has 3 aromatic rings. The summed E-state index contributed by atoms with van der Waals surface area (Å²) in [6.07, 6.45) is 2.04. The van der Waals surface area contributed by atoms with Gasteiger partial charge in [0.1, 0.15) is 11.5 Å². The molecule has 28 heavy (non-hydrogen) atoms. The molecule has 0 bridgehead atoms. The van der Waals surface area contributed by atoms with E-state index >= 15 is 0 Å². The van der Waals surface area contributed by atoms with Gasteiger partial charge in [0.2, 0.25) is 0 Å². The molecule has 0 saturated heterocycles. The fraction of sp³-hybridized carbons (Fsp3) is 0.227. The number of benzene rings is 2. The van der Waals surface area contributed by atoms with Crippen molar-refractivity contribution in [2.45, 2.75) is 19.5 Å². The van der Waals surface area contributed by atoms with E-state index in [4.69, 9.17) is 9.47 Å². The van der Waals surface area contributed by atoms with E-state index in [-0.39, 0.29) is 12.1 Å². The number of nitrogens with zero attached hydrogens (tertiary/aromatic N) is 2. The minimum absolute atomic E-state index is 0.0881. The summed E-state index contributed by atoms with van der Waals surface area (Å²) in [6.45, 7) is 2.56. The summed E-state index contributed by atoms with van der Waals surface area (Å²) < 4.78 is 12.8. The van der Waals surface area contributed by atoms with E-state index in [9.17, 15) is 4.79 Å². The third kappa shape index (κ3) is 3.17. The van der Waals surface area contributed by atoms with Crippen LogP contribution in [0.2, 0.25) is 0 Å². The summed E-state index contributed by atoms with van der Waals surface area (Å²) in [5, 5.41) is 2.99. The van der Waals surface area contributed by atoms with Crippen molar-refractivity contribution in [3.8, 4) is 17.2 Å². The van der Waals surface area contributed by atoms with Gasteiger partial charge in [-0.3, -0.25) is 0 Å². The molecule has 0 unspecified atom stereocenters. The van der Waals surface area contributed by atoms with Crippen molar-refractivity contribution in [2.24, 2.45) is 0 Å². The first-order valence-electron chi connectivity index (χ1n) is 9.17. The number of rotatable bonds is 3. The summed E-state index contributed by atoms with van der Waals surface area (Å²) in [6, 6.07) is 17.3. The fourth-order valence-corrected chi connectivity index (χ4v) is 3.64. The summed E-state index contributed by atoms with van der Waals surface area (Å²) >= 11 is 0. The standard InChI is InChI=1S/C22H23N3O3/c1-15-20-9-6-10-24(20)21-8-5-4-7-16(21)14-25(15)22(26)23-17-11-18(27-2)13-19(12-17)28-3/h4-13,15H,14H2,1-3H3,(H,23,26)/t15-/m1/s1. The number of amides is 2. The number of urea groups is 1. The largest absolute Gasteiger partial charge is 0.497 e. The van der Waals surface area contributed by atoms with Crippen LogP contribution in [0.15, 0.2) is 60.8 Å². The second-order valence-corrected chi connectivity index (χ2v) is 6.77. The maximum absolute atomic E-state index is 13.2. The lowest BCUT2D eigenvalue weighted by molar-refractivity contribution is 0.189. The van der Waals surface area contributed by atoms with Crippen molar-refractivity contribution in [2.75, 3.05) is 19.5 Å². The molecular weight excluding hydrogens is 354 g/mol. The number of aromatic nitrogens is 1. The first-order chi connectivity index (χ1) is 13.6. The van der Waals surface area contributed by atoms with Crippen molar-refractivity contribution in [1.29, 1.82) is 0 Å². The molecule has 1 N–H and O–H groups in total. The number of para-hydroxylation sites is 1. The number of carbonyl (C=O) groups is 1. The predicted octanol–water partition coefficient (Wildman–Crippen LogP) is 4.60. The van der Waals surface area contributed by atoms with Gasteiger partial charge in [0.15, 0.2) is 0 Å². The van der Waals surface area contributed by atoms with Gasteiger partial charge in [0.05, 0.1) is 32.5 Å². The predicted molar refractivity (Wildman–Crippen MR) is 108 cm³/mol. The van der Waals surface area contributed by atoms with Gasteiger partial charge in [0.25, 0.3) is 0 Å². The average molecular weight is 377 g/mol. The fourth-order valence-electron chi connectivity index (χ4n) is 3.64. The highest BCUT2D eigenvalue weighted by atomic mass is 16.5. The van der Waals surface area contributed by atoms with Crippen LogP contribution in [-0.2, 0) is 6.54 Å². The maximum atomic E-state index is 13.2. The molecule has 2 heterocycles. The van der Waals surface area contributed by atoms with Gasteiger partial charge < -0.3 is 24.3 Å². The zero-order chi connectivity index (χ0) is 19.7. The van der Waals surface area contributed by atoms with Crippen molar-refractivity contribution in [3.63, 3.8) is 0 Å². The molecule has 1 atom stereocenters. The highest BCUT2D eigenvalue weighted by Crippen LogP contribution is 2.33. The molecule has 1 aromatic heterocycles. The minimum atomic E-state index is -0.174. The highest BCUT2D eigenvalue weighted by molar-refractivity contribution is 5.90. The van der Waals surface area contributed by atoms with Crippen LogP contribution >= 0.6 is 0 Å². The van der Waals surface area contributed by atoms with E-state index in [0.29, 0.717) is 23.7 Å². The lowest BCUT2D eigenvalue weighted by Crippen LogP contribution is -2.36. The molecule has 0 spiro atoms. The number of methoxy groups -OCH3 is 2. The molecule has 4 rings (SSSR count). The van der Waals surface area contributed by atoms with Gasteiger partial charge in [0, 0.05) is 35.8 Å². The smallest absolute Gasteiger partial charge is 0.322 e. The number of carbonyl (C=O) groups excluding carboxylic acids is 1. The van der Waals surface area contributed by atoms with Crippen LogP contribution in [-0.4, -0.2) is 29.7 Å². The Balaban J connectivity index is 1.67. The Hall–Kier alpha value is -3.41. The lowest BCUT2D eigenvalue weighted by Gasteiger charge is -2.28. The number of fused-ring (bicyclic) bond motifs is 3. The molecule has 0 fully saturated rings. The monoisotopic (exact) mass is 377 g/mol. The molecule has 0 saturated carbocycles. The first-order valence-corrected chi connectivity index (χ1v) is 9.17. The summed E-state index contributed by atoms with van der Waals surface area (Å²) in [4.78, 5) is 15.0. The van der Waals surface area contributed by atoms with E-state index in [1.807, 2.05) is 36.2 Å². The second kappa shape index (κ2) is 7.31. The normalized spacial score (nSPS) is 15.2. The highest BCUT2D eigenvalue weighted by Gasteiger charge is 2.28. The summed E-state index contributed by atoms with van der Waals surface area (Å²) in [7, 11) is 3.17. The minimum Gasteiger partial charge on any atom is -0.497 e. The third-order valence-corrected chi connectivity index (χ3v) is 5.13. The topological polar surface area (TPSA) is 55.7 Å². The molecule has 6 heteroatoms. The van der Waals surface area contributed by atoms with Gasteiger partial charge >= 0.3 is 6.03 Å². The quantitative estimate of drug-likeness (QED) is 0.726. The van der Waals surface area contributed by atoms with Gasteiger partial charge in [-0.05, 0) is 30.7 Å². The van der Waals surface area contributed by atoms with Crippen LogP contribution in [0.25, 0.3) is 5.69 Å². The van der Waals surface area contributed by atoms with Crippen LogP contribution in [0.4, 0.5) is 10.5 Å². The molecule has 1 aliphatic heterocycles. The Morgan fingerprint density at radius 2 is 1.75 bits per heavy atom. The molecule has 0 radical (unpaired) electrons. The van der Waals surface area contributed by atoms with Crippen molar-refractivity contribution >= 4 is 11.7 Å². The van der Waals surface area contributed by atoms with Crippen molar-refractivity contribution in [3.05, 3.63) is 72.1 Å². The maximum Gasteiger partial charge on any atom is 0.322 e. The number of nitrogens with one attached hydrogen (secondary N) is 1. The zero-order valence-corrected chi connectivity index (χ0v) is 16.2. The molecule has 0 aliphatic carbocycles. The zero-order valence-electron chi connectivity index (χ0n) is 16.2. The van der Waals surface area contributed by atoms with E-state index in [1.165, 1.54) is 0 Å². The van der Waals surface area contributed by atoms with E-state index in [2.05, 4.69) is 28.1 Å². The molecule has 2 amide bonds. The van der Waals surface area contributed by atoms with Crippen LogP contribution in [0.3, 0.4) is 0 Å².